The van der Waals surface area contributed by atoms with Gasteiger partial charge < -0.3 is 15.2 Å². The Morgan fingerprint density at radius 3 is 2.17 bits per heavy atom. The van der Waals surface area contributed by atoms with Crippen molar-refractivity contribution in [2.24, 2.45) is 11.3 Å². The molecule has 0 radical (unpaired) electrons. The maximum absolute atomic E-state index is 11.2. The third kappa shape index (κ3) is 3.34. The van der Waals surface area contributed by atoms with Gasteiger partial charge >= 0.3 is 18.1 Å². The van der Waals surface area contributed by atoms with Crippen LogP contribution < -0.4 is 5.32 Å². The topological polar surface area (TPSA) is 75.6 Å². The molecule has 1 heterocycles. The molecule has 1 atom stereocenters. The van der Waals surface area contributed by atoms with Crippen molar-refractivity contribution >= 4 is 11.9 Å². The fourth-order valence-electron chi connectivity index (χ4n) is 1.76. The summed E-state index contributed by atoms with van der Waals surface area (Å²) in [7, 11) is 0. The first-order valence-corrected chi connectivity index (χ1v) is 5.40. The maximum Gasteiger partial charge on any atom is 0.490 e. The molecular formula is C10H14F3NO4. The van der Waals surface area contributed by atoms with Crippen molar-refractivity contribution in [2.45, 2.75) is 19.5 Å². The van der Waals surface area contributed by atoms with E-state index >= 15 is 0 Å². The minimum absolute atomic E-state index is 0.00833. The van der Waals surface area contributed by atoms with Crippen LogP contribution in [-0.2, 0) is 14.3 Å². The van der Waals surface area contributed by atoms with Crippen molar-refractivity contribution in [1.82, 2.24) is 5.32 Å². The van der Waals surface area contributed by atoms with Crippen molar-refractivity contribution in [2.75, 3.05) is 19.7 Å². The van der Waals surface area contributed by atoms with Gasteiger partial charge in [0.15, 0.2) is 0 Å². The minimum Gasteiger partial charge on any atom is -0.475 e. The quantitative estimate of drug-likeness (QED) is 0.725. The second kappa shape index (κ2) is 5.13. The maximum atomic E-state index is 11.2. The van der Waals surface area contributed by atoms with Crippen LogP contribution in [0.2, 0.25) is 0 Å². The first kappa shape index (κ1) is 14.7. The Bertz CT molecular complexity index is 339. The summed E-state index contributed by atoms with van der Waals surface area (Å²) in [6.07, 6.45) is -4.04. The number of nitrogens with one attached hydrogen (secondary N) is 1. The zero-order chi connectivity index (χ0) is 14.0. The van der Waals surface area contributed by atoms with Crippen LogP contribution in [0.3, 0.4) is 0 Å². The van der Waals surface area contributed by atoms with E-state index in [1.165, 1.54) is 0 Å². The SMILES string of the molecule is CCOC(=O)C1CC12CNC2.O=C(O)C(F)(F)F. The molecule has 1 spiro atoms. The number of halogens is 3. The second-order valence-electron chi connectivity index (χ2n) is 4.28. The van der Waals surface area contributed by atoms with Gasteiger partial charge in [-0.25, -0.2) is 4.79 Å². The average Bonchev–Trinajstić information content (AvgIpc) is 2.91. The minimum atomic E-state index is -5.08. The summed E-state index contributed by atoms with van der Waals surface area (Å²) >= 11 is 0. The smallest absolute Gasteiger partial charge is 0.475 e. The molecule has 1 aliphatic heterocycles. The van der Waals surface area contributed by atoms with Gasteiger partial charge in [0, 0.05) is 18.5 Å². The highest BCUT2D eigenvalue weighted by Crippen LogP contribution is 2.55. The molecule has 1 unspecified atom stereocenters. The van der Waals surface area contributed by atoms with Crippen LogP contribution in [0, 0.1) is 11.3 Å². The Balaban J connectivity index is 0.000000203. The van der Waals surface area contributed by atoms with Crippen molar-refractivity contribution in [3.05, 3.63) is 0 Å². The van der Waals surface area contributed by atoms with Gasteiger partial charge in [0.2, 0.25) is 0 Å². The number of ether oxygens (including phenoxy) is 1. The van der Waals surface area contributed by atoms with E-state index in [0.717, 1.165) is 19.5 Å². The third-order valence-electron chi connectivity index (χ3n) is 2.96. The molecule has 0 bridgehead atoms. The number of aliphatic carboxylic acids is 1. The molecule has 8 heteroatoms. The summed E-state index contributed by atoms with van der Waals surface area (Å²) in [5.74, 6) is -2.54. The fraction of sp³-hybridized carbons (Fsp3) is 0.800. The van der Waals surface area contributed by atoms with E-state index in [4.69, 9.17) is 14.6 Å². The van der Waals surface area contributed by atoms with E-state index in [9.17, 15) is 18.0 Å². The van der Waals surface area contributed by atoms with E-state index in [2.05, 4.69) is 5.32 Å². The molecule has 2 rings (SSSR count). The Morgan fingerprint density at radius 2 is 1.94 bits per heavy atom. The highest BCUT2D eigenvalue weighted by Gasteiger charge is 2.62. The van der Waals surface area contributed by atoms with Crippen LogP contribution in [0.5, 0.6) is 0 Å². The van der Waals surface area contributed by atoms with Crippen molar-refractivity contribution < 1.29 is 32.6 Å². The van der Waals surface area contributed by atoms with E-state index in [1.54, 1.807) is 0 Å². The van der Waals surface area contributed by atoms with Crippen LogP contribution in [0.25, 0.3) is 0 Å². The summed E-state index contributed by atoms with van der Waals surface area (Å²) in [6, 6.07) is 0. The molecule has 2 aliphatic rings. The van der Waals surface area contributed by atoms with E-state index in [1.807, 2.05) is 6.92 Å². The number of carboxylic acid groups (broad SMARTS) is 1. The summed E-state index contributed by atoms with van der Waals surface area (Å²) in [4.78, 5) is 20.1. The molecule has 0 aromatic rings. The number of hydrogen-bond donors (Lipinski definition) is 2. The van der Waals surface area contributed by atoms with Gasteiger partial charge in [-0.1, -0.05) is 0 Å². The number of carbonyl (C=O) groups is 2. The molecule has 2 N–H and O–H groups in total. The van der Waals surface area contributed by atoms with Crippen LogP contribution >= 0.6 is 0 Å². The largest absolute Gasteiger partial charge is 0.490 e. The monoisotopic (exact) mass is 269 g/mol. The predicted molar refractivity (Wildman–Crippen MR) is 53.7 cm³/mol. The highest BCUT2D eigenvalue weighted by molar-refractivity contribution is 5.77. The Kier molecular flexibility index (Phi) is 4.20. The van der Waals surface area contributed by atoms with Crippen molar-refractivity contribution in [3.63, 3.8) is 0 Å². The molecule has 0 aromatic heterocycles. The van der Waals surface area contributed by atoms with Gasteiger partial charge in [-0.2, -0.15) is 13.2 Å². The lowest BCUT2D eigenvalue weighted by Crippen LogP contribution is -2.46. The Labute approximate surface area is 101 Å². The third-order valence-corrected chi connectivity index (χ3v) is 2.96. The average molecular weight is 269 g/mol. The second-order valence-corrected chi connectivity index (χ2v) is 4.28. The standard InChI is InChI=1S/C8H13NO2.C2HF3O2/c1-2-11-7(10)6-3-8(6)4-9-5-8;3-2(4,5)1(6)7/h6,9H,2-5H2,1H3;(H,6,7). The number of esters is 1. The van der Waals surface area contributed by atoms with Crippen LogP contribution in [0.4, 0.5) is 13.2 Å². The van der Waals surface area contributed by atoms with Gasteiger partial charge in [0.25, 0.3) is 0 Å². The summed E-state index contributed by atoms with van der Waals surface area (Å²) in [5, 5.41) is 10.3. The molecular weight excluding hydrogens is 255 g/mol. The predicted octanol–water partition coefficient (Wildman–Crippen LogP) is 0.792. The Hall–Kier alpha value is -1.31. The zero-order valence-corrected chi connectivity index (χ0v) is 9.71. The number of carboxylic acids is 1. The van der Waals surface area contributed by atoms with E-state index in [-0.39, 0.29) is 11.9 Å². The van der Waals surface area contributed by atoms with E-state index < -0.39 is 12.1 Å². The van der Waals surface area contributed by atoms with Gasteiger partial charge in [-0.15, -0.1) is 0 Å². The van der Waals surface area contributed by atoms with Gasteiger partial charge in [0.1, 0.15) is 0 Å². The number of rotatable bonds is 2. The Morgan fingerprint density at radius 1 is 1.44 bits per heavy atom. The zero-order valence-electron chi connectivity index (χ0n) is 9.71. The molecule has 1 aliphatic carbocycles. The molecule has 1 saturated heterocycles. The van der Waals surface area contributed by atoms with Gasteiger partial charge in [0.05, 0.1) is 12.5 Å². The highest BCUT2D eigenvalue weighted by atomic mass is 19.4. The molecule has 104 valence electrons. The number of hydrogen-bond acceptors (Lipinski definition) is 4. The van der Waals surface area contributed by atoms with Gasteiger partial charge in [-0.3, -0.25) is 4.79 Å². The first-order valence-electron chi connectivity index (χ1n) is 5.40. The van der Waals surface area contributed by atoms with Crippen LogP contribution in [0.1, 0.15) is 13.3 Å². The normalized spacial score (nSPS) is 23.4. The fourth-order valence-corrected chi connectivity index (χ4v) is 1.76. The lowest BCUT2D eigenvalue weighted by molar-refractivity contribution is -0.192. The van der Waals surface area contributed by atoms with Crippen LogP contribution in [-0.4, -0.2) is 42.9 Å². The van der Waals surface area contributed by atoms with Crippen molar-refractivity contribution in [1.29, 1.82) is 0 Å². The molecule has 1 saturated carbocycles. The van der Waals surface area contributed by atoms with E-state index in [0.29, 0.717) is 12.0 Å². The molecule has 2 fully saturated rings. The molecule has 5 nitrogen and oxygen atoms in total. The lowest BCUT2D eigenvalue weighted by Gasteiger charge is -2.27. The van der Waals surface area contributed by atoms with Gasteiger partial charge in [-0.05, 0) is 13.3 Å². The molecule has 0 amide bonds. The molecule has 0 aromatic carbocycles. The number of carbonyl (C=O) groups excluding carboxylic acids is 1. The first-order chi connectivity index (χ1) is 8.23. The molecule has 18 heavy (non-hydrogen) atoms. The lowest BCUT2D eigenvalue weighted by atomic mass is 9.97. The number of alkyl halides is 3. The van der Waals surface area contributed by atoms with Crippen LogP contribution in [0.15, 0.2) is 0 Å². The summed E-state index contributed by atoms with van der Waals surface area (Å²) in [5.41, 5.74) is 0.326. The van der Waals surface area contributed by atoms with Crippen molar-refractivity contribution in [3.8, 4) is 0 Å². The summed E-state index contributed by atoms with van der Waals surface area (Å²) in [6.45, 7) is 4.39. The summed E-state index contributed by atoms with van der Waals surface area (Å²) < 4.78 is 36.7.